The number of carbonyl (C=O) groups is 2. The van der Waals surface area contributed by atoms with Gasteiger partial charge in [-0.05, 0) is 49.7 Å². The number of hydrogen-bond donors (Lipinski definition) is 3. The van der Waals surface area contributed by atoms with Gasteiger partial charge in [-0.3, -0.25) is 14.8 Å². The Labute approximate surface area is 176 Å². The maximum Gasteiger partial charge on any atom is 0.251 e. The third kappa shape index (κ3) is 8.05. The van der Waals surface area contributed by atoms with Crippen LogP contribution in [0.1, 0.15) is 39.9 Å². The highest BCUT2D eigenvalue weighted by atomic mass is 16.7. The summed E-state index contributed by atoms with van der Waals surface area (Å²) in [5.74, 6) is 5.35. The lowest BCUT2D eigenvalue weighted by Crippen LogP contribution is -2.39. The second kappa shape index (κ2) is 12.4. The second-order valence-corrected chi connectivity index (χ2v) is 6.71. The van der Waals surface area contributed by atoms with Crippen molar-refractivity contribution in [1.82, 2.24) is 10.8 Å². The molecule has 0 aliphatic rings. The van der Waals surface area contributed by atoms with Gasteiger partial charge in [-0.1, -0.05) is 29.5 Å². The van der Waals surface area contributed by atoms with E-state index in [1.165, 1.54) is 12.7 Å². The van der Waals surface area contributed by atoms with Crippen LogP contribution < -0.4 is 10.8 Å². The third-order valence-corrected chi connectivity index (χ3v) is 4.25. The molecule has 0 radical (unpaired) electrons. The summed E-state index contributed by atoms with van der Waals surface area (Å²) < 4.78 is 10.1. The highest BCUT2D eigenvalue weighted by Crippen LogP contribution is 2.07. The van der Waals surface area contributed by atoms with E-state index >= 15 is 0 Å². The van der Waals surface area contributed by atoms with Crippen LogP contribution in [0.4, 0.5) is 0 Å². The van der Waals surface area contributed by atoms with E-state index in [1.54, 1.807) is 29.7 Å². The maximum atomic E-state index is 12.5. The second-order valence-electron chi connectivity index (χ2n) is 6.71. The van der Waals surface area contributed by atoms with Crippen LogP contribution in [-0.4, -0.2) is 43.6 Å². The molecule has 2 aromatic carbocycles. The van der Waals surface area contributed by atoms with Crippen LogP contribution in [0.25, 0.3) is 0 Å². The van der Waals surface area contributed by atoms with Gasteiger partial charge in [0.25, 0.3) is 5.91 Å². The summed E-state index contributed by atoms with van der Waals surface area (Å²) in [4.78, 5) is 23.8. The number of methoxy groups -OCH3 is 1. The average Bonchev–Trinajstić information content (AvgIpc) is 2.77. The molecule has 1 unspecified atom stereocenters. The SMILES string of the molecule is COCOCC(CCC(=O)NO)NC(=O)c1ccc(C#Cc2ccc(C)cc2)cc1. The van der Waals surface area contributed by atoms with Gasteiger partial charge in [0.15, 0.2) is 0 Å². The van der Waals surface area contributed by atoms with Crippen LogP contribution in [-0.2, 0) is 14.3 Å². The van der Waals surface area contributed by atoms with Crippen LogP contribution >= 0.6 is 0 Å². The first-order chi connectivity index (χ1) is 14.5. The molecule has 30 heavy (non-hydrogen) atoms. The van der Waals surface area contributed by atoms with Gasteiger partial charge in [0, 0.05) is 30.2 Å². The molecule has 1 atom stereocenters. The highest BCUT2D eigenvalue weighted by Gasteiger charge is 2.16. The van der Waals surface area contributed by atoms with Crippen molar-refractivity contribution < 1.29 is 24.3 Å². The zero-order chi connectivity index (χ0) is 21.8. The first-order valence-electron chi connectivity index (χ1n) is 9.51. The number of amides is 2. The summed E-state index contributed by atoms with van der Waals surface area (Å²) in [6.45, 7) is 2.28. The topological polar surface area (TPSA) is 96.9 Å². The number of aryl methyl sites for hydroxylation is 1. The third-order valence-electron chi connectivity index (χ3n) is 4.25. The summed E-state index contributed by atoms with van der Waals surface area (Å²) >= 11 is 0. The molecule has 3 N–H and O–H groups in total. The first-order valence-corrected chi connectivity index (χ1v) is 9.51. The van der Waals surface area contributed by atoms with E-state index in [1.807, 2.05) is 31.2 Å². The normalized spacial score (nSPS) is 11.2. The van der Waals surface area contributed by atoms with Crippen molar-refractivity contribution in [3.05, 3.63) is 70.8 Å². The molecule has 0 bridgehead atoms. The maximum absolute atomic E-state index is 12.5. The Balaban J connectivity index is 1.98. The van der Waals surface area contributed by atoms with Crippen LogP contribution in [0.2, 0.25) is 0 Å². The molecule has 2 amide bonds. The smallest absolute Gasteiger partial charge is 0.251 e. The van der Waals surface area contributed by atoms with Gasteiger partial charge in [0.05, 0.1) is 12.6 Å². The first kappa shape index (κ1) is 23.1. The molecular formula is C23H26N2O5. The quantitative estimate of drug-likeness (QED) is 0.194. The van der Waals surface area contributed by atoms with Crippen molar-refractivity contribution >= 4 is 11.8 Å². The van der Waals surface area contributed by atoms with Crippen molar-refractivity contribution in [2.45, 2.75) is 25.8 Å². The monoisotopic (exact) mass is 410 g/mol. The lowest BCUT2D eigenvalue weighted by molar-refractivity contribution is -0.129. The van der Waals surface area contributed by atoms with Crippen molar-refractivity contribution in [3.63, 3.8) is 0 Å². The molecule has 7 heteroatoms. The molecule has 0 heterocycles. The number of carbonyl (C=O) groups excluding carboxylic acids is 2. The van der Waals surface area contributed by atoms with Crippen LogP contribution in [0.3, 0.4) is 0 Å². The van der Waals surface area contributed by atoms with E-state index in [0.717, 1.165) is 11.1 Å². The number of nitrogens with one attached hydrogen (secondary N) is 2. The number of hydroxylamine groups is 1. The Kier molecular flexibility index (Phi) is 9.55. The van der Waals surface area contributed by atoms with Crippen molar-refractivity contribution in [2.75, 3.05) is 20.5 Å². The Hall–Kier alpha value is -3.18. The van der Waals surface area contributed by atoms with Crippen molar-refractivity contribution in [1.29, 1.82) is 0 Å². The van der Waals surface area contributed by atoms with Gasteiger partial charge >= 0.3 is 0 Å². The number of benzene rings is 2. The van der Waals surface area contributed by atoms with Gasteiger partial charge in [-0.15, -0.1) is 0 Å². The van der Waals surface area contributed by atoms with E-state index < -0.39 is 11.9 Å². The van der Waals surface area contributed by atoms with E-state index in [9.17, 15) is 9.59 Å². The molecule has 158 valence electrons. The van der Waals surface area contributed by atoms with E-state index in [-0.39, 0.29) is 25.7 Å². The molecule has 0 saturated carbocycles. The fourth-order valence-electron chi connectivity index (χ4n) is 2.59. The number of hydrogen-bond acceptors (Lipinski definition) is 5. The molecule has 0 spiro atoms. The molecule has 0 aromatic heterocycles. The van der Waals surface area contributed by atoms with Crippen LogP contribution in [0, 0.1) is 18.8 Å². The van der Waals surface area contributed by atoms with Crippen molar-refractivity contribution in [2.24, 2.45) is 0 Å². The minimum atomic E-state index is -0.530. The van der Waals surface area contributed by atoms with E-state index in [4.69, 9.17) is 14.7 Å². The van der Waals surface area contributed by atoms with Gasteiger partial charge < -0.3 is 14.8 Å². The van der Waals surface area contributed by atoms with Crippen LogP contribution in [0.15, 0.2) is 48.5 Å². The van der Waals surface area contributed by atoms with E-state index in [2.05, 4.69) is 17.2 Å². The summed E-state index contributed by atoms with van der Waals surface area (Å²) in [7, 11) is 1.50. The predicted octanol–water partition coefficient (Wildman–Crippen LogP) is 2.40. The lowest BCUT2D eigenvalue weighted by Gasteiger charge is -2.18. The fourth-order valence-corrected chi connectivity index (χ4v) is 2.59. The molecular weight excluding hydrogens is 384 g/mol. The fraction of sp³-hybridized carbons (Fsp3) is 0.304. The van der Waals surface area contributed by atoms with Gasteiger partial charge in [0.1, 0.15) is 6.79 Å². The van der Waals surface area contributed by atoms with Gasteiger partial charge in [-0.25, -0.2) is 5.48 Å². The minimum Gasteiger partial charge on any atom is -0.359 e. The zero-order valence-electron chi connectivity index (χ0n) is 17.1. The summed E-state index contributed by atoms with van der Waals surface area (Å²) in [6.07, 6.45) is 0.354. The molecule has 2 aromatic rings. The molecule has 7 nitrogen and oxygen atoms in total. The zero-order valence-corrected chi connectivity index (χ0v) is 17.1. The Morgan fingerprint density at radius 2 is 1.63 bits per heavy atom. The summed E-state index contributed by atoms with van der Waals surface area (Å²) in [5, 5.41) is 11.5. The standard InChI is InChI=1S/C23H26N2O5/c1-17-3-5-18(6-4-17)7-8-19-9-11-20(12-10-19)23(27)24-21(15-30-16-29-2)13-14-22(26)25-28/h3-6,9-12,21,28H,13-16H2,1-2H3,(H,24,27)(H,25,26). The largest absolute Gasteiger partial charge is 0.359 e. The number of ether oxygens (including phenoxy) is 2. The molecule has 2 rings (SSSR count). The minimum absolute atomic E-state index is 0.0470. The molecule has 0 fully saturated rings. The highest BCUT2D eigenvalue weighted by molar-refractivity contribution is 5.94. The van der Waals surface area contributed by atoms with Crippen molar-refractivity contribution in [3.8, 4) is 11.8 Å². The Bertz CT molecular complexity index is 883. The lowest BCUT2D eigenvalue weighted by atomic mass is 10.1. The molecule has 0 aliphatic carbocycles. The summed E-state index contributed by atoms with van der Waals surface area (Å²) in [5.41, 5.74) is 4.95. The molecule has 0 aliphatic heterocycles. The van der Waals surface area contributed by atoms with E-state index in [0.29, 0.717) is 12.0 Å². The average molecular weight is 410 g/mol. The number of rotatable bonds is 9. The van der Waals surface area contributed by atoms with Crippen LogP contribution in [0.5, 0.6) is 0 Å². The predicted molar refractivity (Wildman–Crippen MR) is 112 cm³/mol. The van der Waals surface area contributed by atoms with Gasteiger partial charge in [-0.2, -0.15) is 0 Å². The Morgan fingerprint density at radius 3 is 2.20 bits per heavy atom. The molecule has 0 saturated heterocycles. The summed E-state index contributed by atoms with van der Waals surface area (Å²) in [6, 6.07) is 14.5. The Morgan fingerprint density at radius 1 is 1.03 bits per heavy atom. The van der Waals surface area contributed by atoms with Gasteiger partial charge in [0.2, 0.25) is 5.91 Å².